The van der Waals surface area contributed by atoms with Crippen LogP contribution >= 0.6 is 11.6 Å². The molecule has 6 nitrogen and oxygen atoms in total. The number of halogens is 1. The molecule has 0 aliphatic rings. The molecule has 1 N–H and O–H groups in total. The van der Waals surface area contributed by atoms with Gasteiger partial charge in [-0.1, -0.05) is 27.7 Å². The lowest BCUT2D eigenvalue weighted by atomic mass is 10.3. The minimum atomic E-state index is -0.108. The molecule has 0 radical (unpaired) electrons. The lowest BCUT2D eigenvalue weighted by Gasteiger charge is -2.00. The van der Waals surface area contributed by atoms with E-state index in [0.717, 1.165) is 0 Å². The molecular formula is C15H26ClN5O. The van der Waals surface area contributed by atoms with Gasteiger partial charge >= 0.3 is 0 Å². The van der Waals surface area contributed by atoms with Gasteiger partial charge in [0.05, 0.1) is 17.9 Å². The second-order valence-corrected chi connectivity index (χ2v) is 4.00. The first kappa shape index (κ1) is 22.5. The highest BCUT2D eigenvalue weighted by Gasteiger charge is 2.05. The van der Waals surface area contributed by atoms with Crippen LogP contribution in [0.2, 0.25) is 0 Å². The molecule has 0 spiro atoms. The molecule has 0 fully saturated rings. The number of aryl methyl sites for hydroxylation is 2. The van der Waals surface area contributed by atoms with E-state index in [0.29, 0.717) is 28.3 Å². The molecule has 22 heavy (non-hydrogen) atoms. The number of hydrogen-bond acceptors (Lipinski definition) is 5. The Labute approximate surface area is 137 Å². The number of rotatable bonds is 1. The third-order valence-corrected chi connectivity index (χ3v) is 2.51. The van der Waals surface area contributed by atoms with Gasteiger partial charge in [0.1, 0.15) is 11.7 Å². The van der Waals surface area contributed by atoms with Crippen LogP contribution < -0.4 is 5.56 Å². The summed E-state index contributed by atoms with van der Waals surface area (Å²) >= 11 is 5.11. The van der Waals surface area contributed by atoms with Gasteiger partial charge in [-0.2, -0.15) is 0 Å². The first-order valence-corrected chi connectivity index (χ1v) is 7.73. The summed E-state index contributed by atoms with van der Waals surface area (Å²) in [4.78, 5) is 23.5. The van der Waals surface area contributed by atoms with E-state index in [1.165, 1.54) is 17.2 Å². The van der Waals surface area contributed by atoms with Crippen molar-refractivity contribution in [2.45, 2.75) is 41.5 Å². The van der Waals surface area contributed by atoms with Gasteiger partial charge in [-0.3, -0.25) is 4.79 Å². The summed E-state index contributed by atoms with van der Waals surface area (Å²) in [6.45, 7) is 11.4. The van der Waals surface area contributed by atoms with Gasteiger partial charge in [-0.15, -0.1) is 11.6 Å². The maximum absolute atomic E-state index is 11.6. The highest BCUT2D eigenvalue weighted by Crippen LogP contribution is 2.04. The van der Waals surface area contributed by atoms with E-state index in [1.807, 2.05) is 27.7 Å². The minimum Gasteiger partial charge on any atom is -0.309 e. The Bertz CT molecular complexity index is 625. The number of aromatic nitrogens is 4. The van der Waals surface area contributed by atoms with Crippen LogP contribution in [0.3, 0.4) is 0 Å². The van der Waals surface area contributed by atoms with E-state index in [9.17, 15) is 4.79 Å². The predicted molar refractivity (Wildman–Crippen MR) is 94.1 cm³/mol. The quantitative estimate of drug-likeness (QED) is 0.643. The molecule has 0 amide bonds. The van der Waals surface area contributed by atoms with Crippen molar-refractivity contribution in [3.8, 4) is 0 Å². The van der Waals surface area contributed by atoms with Crippen molar-refractivity contribution in [3.63, 3.8) is 0 Å². The first-order valence-electron chi connectivity index (χ1n) is 7.20. The van der Waals surface area contributed by atoms with Crippen LogP contribution in [0, 0.1) is 12.3 Å². The summed E-state index contributed by atoms with van der Waals surface area (Å²) in [6.07, 6.45) is 2.86. The molecule has 124 valence electrons. The van der Waals surface area contributed by atoms with Crippen LogP contribution in [0.1, 0.15) is 40.3 Å². The van der Waals surface area contributed by atoms with Crippen LogP contribution in [0.15, 0.2) is 17.4 Å². The van der Waals surface area contributed by atoms with Gasteiger partial charge in [-0.05, 0) is 13.8 Å². The lowest BCUT2D eigenvalue weighted by molar-refractivity contribution is 0.836. The maximum atomic E-state index is 11.6. The number of hydrogen-bond donors (Lipinski definition) is 1. The van der Waals surface area contributed by atoms with Crippen molar-refractivity contribution >= 4 is 28.3 Å². The normalized spacial score (nSPS) is 8.55. The highest BCUT2D eigenvalue weighted by molar-refractivity contribution is 6.27. The third kappa shape index (κ3) is 7.26. The molecule has 0 bridgehead atoms. The molecular weight excluding hydrogens is 302 g/mol. The number of fused-ring (bicyclic) bond motifs is 1. The molecule has 2 aromatic rings. The number of alkyl halides is 1. The Kier molecular flexibility index (Phi) is 13.2. The summed E-state index contributed by atoms with van der Waals surface area (Å²) < 4.78 is 1.42. The van der Waals surface area contributed by atoms with E-state index in [2.05, 4.69) is 15.0 Å². The Morgan fingerprint density at radius 1 is 1.23 bits per heavy atom. The zero-order valence-corrected chi connectivity index (χ0v) is 15.2. The van der Waals surface area contributed by atoms with Crippen LogP contribution in [0.25, 0.3) is 11.0 Å². The van der Waals surface area contributed by atoms with E-state index in [-0.39, 0.29) is 5.56 Å². The molecule has 0 atom stereocenters. The average molecular weight is 328 g/mol. The fourth-order valence-corrected chi connectivity index (χ4v) is 1.18. The molecule has 2 heterocycles. The molecule has 0 unspecified atom stereocenters. The summed E-state index contributed by atoms with van der Waals surface area (Å²) in [5, 5.41) is 7.10. The molecule has 2 rings (SSSR count). The second kappa shape index (κ2) is 12.9. The summed E-state index contributed by atoms with van der Waals surface area (Å²) in [5.74, 6) is 0.361. The van der Waals surface area contributed by atoms with Crippen molar-refractivity contribution in [2.75, 3.05) is 5.88 Å². The largest absolute Gasteiger partial charge is 0.309 e. The van der Waals surface area contributed by atoms with Crippen LogP contribution in [-0.4, -0.2) is 31.1 Å². The predicted octanol–water partition coefficient (Wildman–Crippen LogP) is 3.35. The Hall–Kier alpha value is -1.82. The van der Waals surface area contributed by atoms with Gasteiger partial charge in [0.25, 0.3) is 5.56 Å². The van der Waals surface area contributed by atoms with Crippen molar-refractivity contribution in [1.82, 2.24) is 19.5 Å². The second-order valence-electron chi connectivity index (χ2n) is 3.73. The topological polar surface area (TPSA) is 84.5 Å². The van der Waals surface area contributed by atoms with Crippen molar-refractivity contribution < 1.29 is 0 Å². The summed E-state index contributed by atoms with van der Waals surface area (Å²) in [5.41, 5.74) is 1.53. The SMILES string of the molecule is CC.CC.CC(=N)CCl.Cc1ncnc2ncn(C)c(=O)c12. The summed E-state index contributed by atoms with van der Waals surface area (Å²) in [6, 6.07) is 0. The standard InChI is InChI=1S/C8H8N4O.C3H6ClN.2C2H6/c1-5-6-7(10-3-9-5)11-4-12(2)8(6)13;1-3(5)2-4;2*1-2/h3-4H,1-2H3;5H,2H2,1H3;2*1-2H3. The molecule has 0 saturated carbocycles. The molecule has 0 aromatic carbocycles. The fourth-order valence-electron chi connectivity index (χ4n) is 1.18. The van der Waals surface area contributed by atoms with Gasteiger partial charge < -0.3 is 9.98 Å². The molecule has 2 aromatic heterocycles. The van der Waals surface area contributed by atoms with Gasteiger partial charge in [0, 0.05) is 12.8 Å². The highest BCUT2D eigenvalue weighted by atomic mass is 35.5. The van der Waals surface area contributed by atoms with Crippen molar-refractivity contribution in [3.05, 3.63) is 28.7 Å². The fraction of sp³-hybridized carbons (Fsp3) is 0.533. The van der Waals surface area contributed by atoms with Gasteiger partial charge in [-0.25, -0.2) is 15.0 Å². The Balaban J connectivity index is 0. The van der Waals surface area contributed by atoms with Crippen molar-refractivity contribution in [1.29, 1.82) is 5.41 Å². The zero-order valence-electron chi connectivity index (χ0n) is 14.4. The van der Waals surface area contributed by atoms with E-state index in [1.54, 1.807) is 20.9 Å². The molecule has 0 aliphatic heterocycles. The Morgan fingerprint density at radius 3 is 2.18 bits per heavy atom. The van der Waals surface area contributed by atoms with Gasteiger partial charge in [0.2, 0.25) is 0 Å². The first-order chi connectivity index (χ1) is 10.5. The molecule has 7 heteroatoms. The third-order valence-electron chi connectivity index (χ3n) is 2.10. The van der Waals surface area contributed by atoms with Crippen LogP contribution in [0.5, 0.6) is 0 Å². The van der Waals surface area contributed by atoms with Crippen LogP contribution in [-0.2, 0) is 7.05 Å². The smallest absolute Gasteiger partial charge is 0.264 e. The van der Waals surface area contributed by atoms with Crippen molar-refractivity contribution in [2.24, 2.45) is 7.05 Å². The minimum absolute atomic E-state index is 0.108. The number of nitrogens with zero attached hydrogens (tertiary/aromatic N) is 4. The monoisotopic (exact) mass is 327 g/mol. The van der Waals surface area contributed by atoms with E-state index in [4.69, 9.17) is 17.0 Å². The Morgan fingerprint density at radius 2 is 1.73 bits per heavy atom. The zero-order chi connectivity index (χ0) is 17.7. The van der Waals surface area contributed by atoms with E-state index >= 15 is 0 Å². The maximum Gasteiger partial charge on any atom is 0.264 e. The number of nitrogens with one attached hydrogen (secondary N) is 1. The summed E-state index contributed by atoms with van der Waals surface area (Å²) in [7, 11) is 1.65. The lowest BCUT2D eigenvalue weighted by Crippen LogP contribution is -2.18. The van der Waals surface area contributed by atoms with Gasteiger partial charge in [0.15, 0.2) is 5.65 Å². The van der Waals surface area contributed by atoms with Crippen LogP contribution in [0.4, 0.5) is 0 Å². The average Bonchev–Trinajstić information content (AvgIpc) is 2.55. The van der Waals surface area contributed by atoms with E-state index < -0.39 is 0 Å². The molecule has 0 saturated heterocycles. The molecule has 0 aliphatic carbocycles.